The molecule has 0 aliphatic heterocycles. The van der Waals surface area contributed by atoms with Crippen LogP contribution in [0.3, 0.4) is 0 Å². The number of carboxylic acids is 1. The first-order valence-electron chi connectivity index (χ1n) is 4.72. The zero-order valence-electron chi connectivity index (χ0n) is 8.66. The minimum Gasteiger partial charge on any atom is -0.492 e. The van der Waals surface area contributed by atoms with Gasteiger partial charge in [-0.05, 0) is 25.8 Å². The molecule has 0 aliphatic carbocycles. The van der Waals surface area contributed by atoms with Crippen molar-refractivity contribution in [1.29, 1.82) is 0 Å². The number of aromatic carboxylic acids is 1. The number of hydrogen-bond donors (Lipinski definition) is 1. The van der Waals surface area contributed by atoms with Crippen LogP contribution in [0, 0.1) is 6.92 Å². The van der Waals surface area contributed by atoms with Crippen LogP contribution < -0.4 is 4.74 Å². The summed E-state index contributed by atoms with van der Waals surface area (Å²) >= 11 is 1.24. The molecule has 1 aromatic heterocycles. The van der Waals surface area contributed by atoms with Crippen LogP contribution in [0.5, 0.6) is 5.75 Å². The van der Waals surface area contributed by atoms with Gasteiger partial charge in [0.1, 0.15) is 5.75 Å². The van der Waals surface area contributed by atoms with Gasteiger partial charge in [0.2, 0.25) is 0 Å². The molecule has 0 radical (unpaired) electrons. The largest absolute Gasteiger partial charge is 0.492 e. The third-order valence-corrected chi connectivity index (χ3v) is 2.85. The summed E-state index contributed by atoms with van der Waals surface area (Å²) in [7, 11) is 0. The molecule has 82 valence electrons. The predicted molar refractivity (Wildman–Crippen MR) is 60.9 cm³/mol. The first-order chi connectivity index (χ1) is 7.15. The van der Waals surface area contributed by atoms with Crippen molar-refractivity contribution in [3.05, 3.63) is 28.5 Å². The zero-order chi connectivity index (χ0) is 11.3. The van der Waals surface area contributed by atoms with E-state index in [2.05, 4.69) is 6.58 Å². The van der Waals surface area contributed by atoms with Crippen molar-refractivity contribution in [1.82, 2.24) is 0 Å². The van der Waals surface area contributed by atoms with Crippen LogP contribution in [0.4, 0.5) is 0 Å². The first-order valence-corrected chi connectivity index (χ1v) is 5.54. The topological polar surface area (TPSA) is 46.5 Å². The Hall–Kier alpha value is -1.29. The maximum Gasteiger partial charge on any atom is 0.349 e. The zero-order valence-corrected chi connectivity index (χ0v) is 9.47. The number of aryl methyl sites for hydroxylation is 1. The standard InChI is InChI=1S/C11H14O3S/c1-3-4-5-6-14-9-7-8(2)15-10(9)11(12)13/h3,7H,1,4-6H2,2H3,(H,12,13). The third kappa shape index (κ3) is 3.40. The van der Waals surface area contributed by atoms with Gasteiger partial charge >= 0.3 is 5.97 Å². The maximum atomic E-state index is 10.8. The van der Waals surface area contributed by atoms with E-state index in [-0.39, 0.29) is 4.88 Å². The molecular formula is C11H14O3S. The molecule has 0 spiro atoms. The molecule has 1 rings (SSSR count). The fraction of sp³-hybridized carbons (Fsp3) is 0.364. The quantitative estimate of drug-likeness (QED) is 0.599. The maximum absolute atomic E-state index is 10.8. The highest BCUT2D eigenvalue weighted by Crippen LogP contribution is 2.28. The second kappa shape index (κ2) is 5.56. The lowest BCUT2D eigenvalue weighted by molar-refractivity contribution is 0.0698. The average Bonchev–Trinajstić information content (AvgIpc) is 2.55. The molecule has 4 heteroatoms. The van der Waals surface area contributed by atoms with E-state index in [1.54, 1.807) is 6.07 Å². The van der Waals surface area contributed by atoms with Crippen molar-refractivity contribution in [3.63, 3.8) is 0 Å². The van der Waals surface area contributed by atoms with Crippen molar-refractivity contribution in [2.45, 2.75) is 19.8 Å². The smallest absolute Gasteiger partial charge is 0.349 e. The lowest BCUT2D eigenvalue weighted by Crippen LogP contribution is -2.00. The van der Waals surface area contributed by atoms with Crippen LogP contribution in [-0.2, 0) is 0 Å². The number of ether oxygens (including phenoxy) is 1. The third-order valence-electron chi connectivity index (χ3n) is 1.83. The Morgan fingerprint density at radius 2 is 2.47 bits per heavy atom. The second-order valence-corrected chi connectivity index (χ2v) is 4.39. The van der Waals surface area contributed by atoms with Gasteiger partial charge in [-0.2, -0.15) is 0 Å². The Kier molecular flexibility index (Phi) is 4.37. The van der Waals surface area contributed by atoms with Crippen molar-refractivity contribution in [2.24, 2.45) is 0 Å². The molecule has 0 bridgehead atoms. The molecule has 3 nitrogen and oxygen atoms in total. The van der Waals surface area contributed by atoms with Crippen LogP contribution in [-0.4, -0.2) is 17.7 Å². The lowest BCUT2D eigenvalue weighted by Gasteiger charge is -2.03. The normalized spacial score (nSPS) is 9.93. The van der Waals surface area contributed by atoms with Gasteiger partial charge in [-0.3, -0.25) is 0 Å². The Balaban J connectivity index is 2.59. The molecule has 0 unspecified atom stereocenters. The highest BCUT2D eigenvalue weighted by atomic mass is 32.1. The van der Waals surface area contributed by atoms with E-state index in [4.69, 9.17) is 9.84 Å². The molecule has 0 aliphatic rings. The van der Waals surface area contributed by atoms with Gasteiger partial charge in [0.05, 0.1) is 6.61 Å². The molecule has 0 saturated heterocycles. The van der Waals surface area contributed by atoms with Gasteiger partial charge < -0.3 is 9.84 Å². The van der Waals surface area contributed by atoms with Gasteiger partial charge in [-0.25, -0.2) is 4.79 Å². The monoisotopic (exact) mass is 226 g/mol. The summed E-state index contributed by atoms with van der Waals surface area (Å²) in [4.78, 5) is 12.1. The summed E-state index contributed by atoms with van der Waals surface area (Å²) in [6, 6.07) is 1.77. The molecule has 0 saturated carbocycles. The Bertz CT molecular complexity index is 355. The van der Waals surface area contributed by atoms with E-state index >= 15 is 0 Å². The molecule has 0 aromatic carbocycles. The molecule has 0 amide bonds. The molecule has 0 atom stereocenters. The summed E-state index contributed by atoms with van der Waals surface area (Å²) in [5.74, 6) is -0.444. The van der Waals surface area contributed by atoms with Crippen molar-refractivity contribution in [2.75, 3.05) is 6.61 Å². The van der Waals surface area contributed by atoms with E-state index in [1.807, 2.05) is 13.0 Å². The van der Waals surface area contributed by atoms with Crippen molar-refractivity contribution in [3.8, 4) is 5.75 Å². The molecule has 1 heterocycles. The van der Waals surface area contributed by atoms with E-state index in [1.165, 1.54) is 11.3 Å². The number of allylic oxidation sites excluding steroid dienone is 1. The van der Waals surface area contributed by atoms with Crippen LogP contribution in [0.1, 0.15) is 27.4 Å². The number of carbonyl (C=O) groups is 1. The fourth-order valence-corrected chi connectivity index (χ4v) is 1.95. The Labute approximate surface area is 93.0 Å². The van der Waals surface area contributed by atoms with E-state index in [0.717, 1.165) is 17.7 Å². The molecular weight excluding hydrogens is 212 g/mol. The average molecular weight is 226 g/mol. The number of carboxylic acid groups (broad SMARTS) is 1. The molecule has 1 aromatic rings. The van der Waals surface area contributed by atoms with Gasteiger partial charge in [-0.1, -0.05) is 6.08 Å². The number of hydrogen-bond acceptors (Lipinski definition) is 3. The minimum absolute atomic E-state index is 0.283. The second-order valence-electron chi connectivity index (χ2n) is 3.13. The lowest BCUT2D eigenvalue weighted by atomic mass is 10.3. The Morgan fingerprint density at radius 3 is 3.07 bits per heavy atom. The predicted octanol–water partition coefficient (Wildman–Crippen LogP) is 3.10. The minimum atomic E-state index is -0.924. The summed E-state index contributed by atoms with van der Waals surface area (Å²) in [6.45, 7) is 6.01. The Morgan fingerprint density at radius 1 is 1.73 bits per heavy atom. The van der Waals surface area contributed by atoms with Crippen LogP contribution in [0.25, 0.3) is 0 Å². The molecule has 0 fully saturated rings. The highest BCUT2D eigenvalue weighted by molar-refractivity contribution is 7.14. The van der Waals surface area contributed by atoms with Crippen LogP contribution in [0.15, 0.2) is 18.7 Å². The van der Waals surface area contributed by atoms with Gasteiger partial charge in [0.25, 0.3) is 0 Å². The molecule has 15 heavy (non-hydrogen) atoms. The van der Waals surface area contributed by atoms with E-state index in [0.29, 0.717) is 12.4 Å². The SMILES string of the molecule is C=CCCCOc1cc(C)sc1C(=O)O. The van der Waals surface area contributed by atoms with Crippen molar-refractivity contribution < 1.29 is 14.6 Å². The summed E-state index contributed by atoms with van der Waals surface area (Å²) in [5, 5.41) is 8.90. The molecule has 1 N–H and O–H groups in total. The van der Waals surface area contributed by atoms with Crippen LogP contribution >= 0.6 is 11.3 Å². The number of thiophene rings is 1. The fourth-order valence-electron chi connectivity index (χ4n) is 1.16. The van der Waals surface area contributed by atoms with E-state index < -0.39 is 5.97 Å². The highest BCUT2D eigenvalue weighted by Gasteiger charge is 2.14. The van der Waals surface area contributed by atoms with Crippen molar-refractivity contribution >= 4 is 17.3 Å². The summed E-state index contributed by atoms with van der Waals surface area (Å²) < 4.78 is 5.40. The number of rotatable bonds is 6. The summed E-state index contributed by atoms with van der Waals surface area (Å²) in [6.07, 6.45) is 3.56. The van der Waals surface area contributed by atoms with Crippen LogP contribution in [0.2, 0.25) is 0 Å². The van der Waals surface area contributed by atoms with Gasteiger partial charge in [0.15, 0.2) is 4.88 Å². The summed E-state index contributed by atoms with van der Waals surface area (Å²) in [5.41, 5.74) is 0. The van der Waals surface area contributed by atoms with E-state index in [9.17, 15) is 4.79 Å². The first kappa shape index (κ1) is 11.8. The number of unbranched alkanes of at least 4 members (excludes halogenated alkanes) is 1. The van der Waals surface area contributed by atoms with Gasteiger partial charge in [-0.15, -0.1) is 17.9 Å². The van der Waals surface area contributed by atoms with Gasteiger partial charge in [0, 0.05) is 4.88 Å².